The predicted octanol–water partition coefficient (Wildman–Crippen LogP) is 6.08. The monoisotopic (exact) mass is 492 g/mol. The minimum Gasteiger partial charge on any atom is -0.360 e. The molecule has 0 spiro atoms. The summed E-state index contributed by atoms with van der Waals surface area (Å²) >= 11 is 7.71. The van der Waals surface area contributed by atoms with Crippen LogP contribution in [0.25, 0.3) is 11.3 Å². The molecule has 0 saturated carbocycles. The van der Waals surface area contributed by atoms with Crippen LogP contribution in [0.2, 0.25) is 5.02 Å². The third-order valence-electron chi connectivity index (χ3n) is 5.07. The van der Waals surface area contributed by atoms with E-state index in [4.69, 9.17) is 16.1 Å². The van der Waals surface area contributed by atoms with Crippen molar-refractivity contribution in [3.05, 3.63) is 92.3 Å². The summed E-state index contributed by atoms with van der Waals surface area (Å²) in [4.78, 5) is 26.9. The van der Waals surface area contributed by atoms with Crippen molar-refractivity contribution in [1.29, 1.82) is 0 Å². The predicted molar refractivity (Wildman–Crippen MR) is 135 cm³/mol. The van der Waals surface area contributed by atoms with Crippen molar-refractivity contribution in [2.45, 2.75) is 20.8 Å². The first-order chi connectivity index (χ1) is 16.3. The smallest absolute Gasteiger partial charge is 0.277 e. The van der Waals surface area contributed by atoms with Crippen molar-refractivity contribution in [2.24, 2.45) is 5.10 Å². The lowest BCUT2D eigenvalue weighted by Crippen LogP contribution is -2.20. The van der Waals surface area contributed by atoms with Crippen molar-refractivity contribution < 1.29 is 14.1 Å². The highest BCUT2D eigenvalue weighted by Crippen LogP contribution is 2.31. The number of aromatic nitrogens is 1. The van der Waals surface area contributed by atoms with Gasteiger partial charge in [0.05, 0.1) is 15.6 Å². The number of amides is 2. The van der Waals surface area contributed by atoms with Gasteiger partial charge in [-0.1, -0.05) is 47.1 Å². The molecule has 0 unspecified atom stereocenters. The van der Waals surface area contributed by atoms with E-state index in [1.165, 1.54) is 11.3 Å². The second-order valence-electron chi connectivity index (χ2n) is 7.52. The number of thiophene rings is 1. The fourth-order valence-corrected chi connectivity index (χ4v) is 4.26. The summed E-state index contributed by atoms with van der Waals surface area (Å²) in [7, 11) is 0. The number of halogens is 1. The molecular formula is C25H21ClN4O3S. The summed E-state index contributed by atoms with van der Waals surface area (Å²) in [5.41, 5.74) is 5.84. The van der Waals surface area contributed by atoms with E-state index in [-0.39, 0.29) is 11.5 Å². The summed E-state index contributed by atoms with van der Waals surface area (Å²) in [6, 6.07) is 18.0. The zero-order chi connectivity index (χ0) is 24.2. The maximum atomic E-state index is 12.9. The van der Waals surface area contributed by atoms with Crippen LogP contribution >= 0.6 is 22.9 Å². The van der Waals surface area contributed by atoms with Gasteiger partial charge in [-0.25, -0.2) is 5.43 Å². The third-order valence-corrected chi connectivity index (χ3v) is 6.40. The van der Waals surface area contributed by atoms with Gasteiger partial charge in [-0.15, -0.1) is 11.3 Å². The van der Waals surface area contributed by atoms with Crippen LogP contribution in [-0.2, 0) is 0 Å². The van der Waals surface area contributed by atoms with Gasteiger partial charge in [0.2, 0.25) is 0 Å². The molecule has 9 heteroatoms. The number of rotatable bonds is 6. The average Bonchev–Trinajstić information content (AvgIpc) is 3.43. The Morgan fingerprint density at radius 2 is 1.74 bits per heavy atom. The minimum atomic E-state index is -0.455. The Labute approximate surface area is 205 Å². The van der Waals surface area contributed by atoms with Gasteiger partial charge in [0, 0.05) is 16.1 Å². The van der Waals surface area contributed by atoms with E-state index < -0.39 is 5.91 Å². The first-order valence-electron chi connectivity index (χ1n) is 10.4. The number of carbonyl (C=O) groups excluding carboxylic acids is 2. The number of carbonyl (C=O) groups is 2. The molecule has 4 rings (SSSR count). The largest absolute Gasteiger partial charge is 0.360 e. The maximum absolute atomic E-state index is 12.9. The molecule has 0 atom stereocenters. The van der Waals surface area contributed by atoms with Gasteiger partial charge in [0.25, 0.3) is 11.8 Å². The minimum absolute atomic E-state index is 0.151. The SMILES string of the molecule is C/C(=N\NC(=O)c1c(-c2ccccc2Cl)noc1C)c1ccc(NC(=O)c2ccc(C)s2)cc1. The molecule has 172 valence electrons. The Bertz CT molecular complexity index is 1390. The van der Waals surface area contributed by atoms with Crippen LogP contribution in [0.5, 0.6) is 0 Å². The highest BCUT2D eigenvalue weighted by atomic mass is 35.5. The molecule has 0 bridgehead atoms. The van der Waals surface area contributed by atoms with Crippen molar-refractivity contribution in [1.82, 2.24) is 10.6 Å². The number of hydrogen-bond acceptors (Lipinski definition) is 6. The Hall–Kier alpha value is -3.75. The fourth-order valence-electron chi connectivity index (χ4n) is 3.28. The highest BCUT2D eigenvalue weighted by molar-refractivity contribution is 7.14. The molecule has 0 aliphatic carbocycles. The molecule has 2 aromatic heterocycles. The van der Waals surface area contributed by atoms with Gasteiger partial charge in [-0.3, -0.25) is 9.59 Å². The number of nitrogens with zero attached hydrogens (tertiary/aromatic N) is 2. The van der Waals surface area contributed by atoms with Gasteiger partial charge in [0.1, 0.15) is 17.0 Å². The first-order valence-corrected chi connectivity index (χ1v) is 11.6. The summed E-state index contributed by atoms with van der Waals surface area (Å²) in [6.07, 6.45) is 0. The van der Waals surface area contributed by atoms with Gasteiger partial charge in [-0.05, 0) is 56.7 Å². The summed E-state index contributed by atoms with van der Waals surface area (Å²) < 4.78 is 5.24. The molecule has 2 amide bonds. The molecule has 0 aliphatic rings. The zero-order valence-electron chi connectivity index (χ0n) is 18.7. The van der Waals surface area contributed by atoms with Gasteiger partial charge < -0.3 is 9.84 Å². The van der Waals surface area contributed by atoms with Crippen molar-refractivity contribution in [3.63, 3.8) is 0 Å². The lowest BCUT2D eigenvalue weighted by Gasteiger charge is -2.07. The lowest BCUT2D eigenvalue weighted by atomic mass is 10.1. The molecule has 0 saturated heterocycles. The number of hydrazone groups is 1. The fraction of sp³-hybridized carbons (Fsp3) is 0.120. The Balaban J connectivity index is 1.46. The maximum Gasteiger partial charge on any atom is 0.277 e. The van der Waals surface area contributed by atoms with Crippen molar-refractivity contribution in [3.8, 4) is 11.3 Å². The van der Waals surface area contributed by atoms with E-state index in [2.05, 4.69) is 21.0 Å². The molecule has 0 aliphatic heterocycles. The summed E-state index contributed by atoms with van der Waals surface area (Å²) in [5.74, 6) is -0.244. The number of hydrogen-bond donors (Lipinski definition) is 2. The van der Waals surface area contributed by atoms with Gasteiger partial charge in [-0.2, -0.15) is 5.10 Å². The highest BCUT2D eigenvalue weighted by Gasteiger charge is 2.23. The Morgan fingerprint density at radius 3 is 2.41 bits per heavy atom. The second kappa shape index (κ2) is 10.0. The molecule has 0 fully saturated rings. The van der Waals surface area contributed by atoms with E-state index in [1.54, 1.807) is 50.2 Å². The topological polar surface area (TPSA) is 96.6 Å². The first kappa shape index (κ1) is 23.4. The van der Waals surface area contributed by atoms with Gasteiger partial charge >= 0.3 is 0 Å². The molecule has 2 aromatic carbocycles. The molecule has 0 radical (unpaired) electrons. The normalized spacial score (nSPS) is 11.4. The van der Waals surface area contributed by atoms with Crippen LogP contribution in [-0.4, -0.2) is 22.7 Å². The van der Waals surface area contributed by atoms with E-state index in [9.17, 15) is 9.59 Å². The number of nitrogens with one attached hydrogen (secondary N) is 2. The van der Waals surface area contributed by atoms with Crippen molar-refractivity contribution in [2.75, 3.05) is 5.32 Å². The van der Waals surface area contributed by atoms with Crippen LogP contribution in [0.1, 0.15) is 43.2 Å². The number of aryl methyl sites for hydroxylation is 2. The van der Waals surface area contributed by atoms with Crippen LogP contribution < -0.4 is 10.7 Å². The molecular weight excluding hydrogens is 472 g/mol. The molecule has 2 heterocycles. The summed E-state index contributed by atoms with van der Waals surface area (Å²) in [6.45, 7) is 5.39. The molecule has 34 heavy (non-hydrogen) atoms. The van der Waals surface area contributed by atoms with Crippen LogP contribution in [0.4, 0.5) is 5.69 Å². The standard InChI is InChI=1S/C25H21ClN4O3S/c1-14-8-13-21(34-14)24(31)27-18-11-9-17(10-12-18)15(2)28-29-25(32)22-16(3)33-30-23(22)19-6-4-5-7-20(19)26/h4-13H,1-3H3,(H,27,31)(H,29,32)/b28-15+. The summed E-state index contributed by atoms with van der Waals surface area (Å²) in [5, 5.41) is 11.6. The van der Waals surface area contributed by atoms with E-state index in [0.717, 1.165) is 10.4 Å². The quantitative estimate of drug-likeness (QED) is 0.252. The number of anilines is 1. The number of benzene rings is 2. The second-order valence-corrected chi connectivity index (χ2v) is 9.22. The van der Waals surface area contributed by atoms with E-state index in [1.807, 2.05) is 31.2 Å². The van der Waals surface area contributed by atoms with Gasteiger partial charge in [0.15, 0.2) is 0 Å². The molecule has 4 aromatic rings. The third kappa shape index (κ3) is 5.08. The Morgan fingerprint density at radius 1 is 1.00 bits per heavy atom. The Kier molecular flexibility index (Phi) is 6.90. The van der Waals surface area contributed by atoms with E-state index in [0.29, 0.717) is 38.3 Å². The van der Waals surface area contributed by atoms with Crippen molar-refractivity contribution >= 4 is 46.2 Å². The zero-order valence-corrected chi connectivity index (χ0v) is 20.3. The molecule has 7 nitrogen and oxygen atoms in total. The van der Waals surface area contributed by atoms with E-state index >= 15 is 0 Å². The van der Waals surface area contributed by atoms with Crippen LogP contribution in [0.3, 0.4) is 0 Å². The van der Waals surface area contributed by atoms with Crippen LogP contribution in [0.15, 0.2) is 70.3 Å². The lowest BCUT2D eigenvalue weighted by molar-refractivity contribution is 0.0953. The average molecular weight is 493 g/mol. The van der Waals surface area contributed by atoms with Crippen LogP contribution in [0, 0.1) is 13.8 Å². The molecule has 2 N–H and O–H groups in total.